The minimum atomic E-state index is -1.84. The van der Waals surface area contributed by atoms with Crippen molar-refractivity contribution in [1.82, 2.24) is 9.55 Å². The van der Waals surface area contributed by atoms with E-state index in [9.17, 15) is 14.7 Å². The van der Waals surface area contributed by atoms with Crippen molar-refractivity contribution in [1.29, 1.82) is 0 Å². The number of H-pyrrole nitrogens is 1. The molecule has 4 atom stereocenters. The molecule has 1 unspecified atom stereocenters. The van der Waals surface area contributed by atoms with Crippen LogP contribution in [0.5, 0.6) is 0 Å². The van der Waals surface area contributed by atoms with Gasteiger partial charge in [0, 0.05) is 11.8 Å². The van der Waals surface area contributed by atoms with Crippen molar-refractivity contribution in [3.05, 3.63) is 32.6 Å². The van der Waals surface area contributed by atoms with Crippen molar-refractivity contribution in [2.45, 2.75) is 82.0 Å². The summed E-state index contributed by atoms with van der Waals surface area (Å²) in [5.74, 6) is 0. The molecule has 1 aromatic heterocycles. The molecule has 1 aromatic rings. The molecule has 7 nitrogen and oxygen atoms in total. The Balaban J connectivity index is 2.68. The molecule has 27 heavy (non-hydrogen) atoms. The second-order valence-corrected chi connectivity index (χ2v) is 13.0. The molecule has 2 rings (SSSR count). The van der Waals surface area contributed by atoms with E-state index in [1.54, 1.807) is 20.8 Å². The number of ether oxygens (including phenoxy) is 2. The van der Waals surface area contributed by atoms with E-state index in [1.807, 2.05) is 33.9 Å². The van der Waals surface area contributed by atoms with Crippen LogP contribution in [0.25, 0.3) is 0 Å². The molecule has 0 radical (unpaired) electrons. The third-order valence-corrected chi connectivity index (χ3v) is 9.13. The molecule has 9 heteroatoms. The van der Waals surface area contributed by atoms with Gasteiger partial charge in [0.05, 0.1) is 25.8 Å². The van der Waals surface area contributed by atoms with Crippen molar-refractivity contribution < 1.29 is 14.6 Å². The number of aromatic nitrogens is 2. The number of rotatable bonds is 4. The van der Waals surface area contributed by atoms with E-state index in [0.717, 1.165) is 0 Å². The Morgan fingerprint density at radius 1 is 1.37 bits per heavy atom. The molecular formula is C18H32N2O5SSi. The van der Waals surface area contributed by atoms with Gasteiger partial charge < -0.3 is 14.6 Å². The zero-order valence-electron chi connectivity index (χ0n) is 17.4. The molecule has 0 aromatic carbocycles. The second kappa shape index (κ2) is 6.87. The number of aromatic amines is 1. The topological polar surface area (TPSA) is 93.6 Å². The summed E-state index contributed by atoms with van der Waals surface area (Å²) in [6, 6.07) is 0. The Morgan fingerprint density at radius 3 is 2.41 bits per heavy atom. The van der Waals surface area contributed by atoms with Crippen LogP contribution in [0, 0.1) is 6.92 Å². The van der Waals surface area contributed by atoms with Crippen LogP contribution in [-0.2, 0) is 14.8 Å². The van der Waals surface area contributed by atoms with E-state index >= 15 is 0 Å². The zero-order valence-corrected chi connectivity index (χ0v) is 19.5. The summed E-state index contributed by atoms with van der Waals surface area (Å²) in [7, 11) is -1.84. The fourth-order valence-electron chi connectivity index (χ4n) is 3.73. The third kappa shape index (κ3) is 3.48. The maximum atomic E-state index is 12.7. The molecule has 1 saturated heterocycles. The van der Waals surface area contributed by atoms with Gasteiger partial charge in [0.1, 0.15) is 17.1 Å². The average Bonchev–Trinajstić information content (AvgIpc) is 2.65. The molecule has 0 spiro atoms. The quantitative estimate of drug-likeness (QED) is 0.506. The maximum absolute atomic E-state index is 12.7. The van der Waals surface area contributed by atoms with Crippen molar-refractivity contribution in [2.75, 3.05) is 6.61 Å². The van der Waals surface area contributed by atoms with Gasteiger partial charge in [-0.15, -0.1) is 0 Å². The molecule has 1 aliphatic heterocycles. The van der Waals surface area contributed by atoms with Crippen molar-refractivity contribution in [2.24, 2.45) is 0 Å². The normalized spacial score (nSPS) is 34.4. The van der Waals surface area contributed by atoms with Crippen LogP contribution in [0.3, 0.4) is 0 Å². The largest absolute Gasteiger partial charge is 0.386 e. The highest BCUT2D eigenvalue weighted by molar-refractivity contribution is 7.82. The van der Waals surface area contributed by atoms with E-state index in [1.165, 1.54) is 10.8 Å². The molecular weight excluding hydrogens is 384 g/mol. The number of hydrogen-bond acceptors (Lipinski definition) is 6. The van der Waals surface area contributed by atoms with E-state index in [0.29, 0.717) is 5.56 Å². The Bertz CT molecular complexity index is 824. The molecule has 0 amide bonds. The lowest BCUT2D eigenvalue weighted by atomic mass is 9.86. The number of aryl methyl sites for hydroxylation is 1. The highest BCUT2D eigenvalue weighted by Crippen LogP contribution is 2.54. The fraction of sp³-hybridized carbons (Fsp3) is 0.778. The second-order valence-electron chi connectivity index (χ2n) is 9.04. The van der Waals surface area contributed by atoms with E-state index < -0.39 is 47.4 Å². The van der Waals surface area contributed by atoms with Crippen LogP contribution < -0.4 is 11.2 Å². The van der Waals surface area contributed by atoms with Crippen molar-refractivity contribution >= 4 is 21.4 Å². The smallest absolute Gasteiger partial charge is 0.330 e. The molecule has 1 aliphatic rings. The van der Waals surface area contributed by atoms with Crippen LogP contribution in [0.4, 0.5) is 0 Å². The molecule has 0 aliphatic carbocycles. The van der Waals surface area contributed by atoms with Gasteiger partial charge in [-0.05, 0) is 41.5 Å². The van der Waals surface area contributed by atoms with Gasteiger partial charge >= 0.3 is 5.69 Å². The van der Waals surface area contributed by atoms with Gasteiger partial charge in [-0.2, -0.15) is 12.6 Å². The lowest BCUT2D eigenvalue weighted by Crippen LogP contribution is -2.65. The monoisotopic (exact) mass is 416 g/mol. The summed E-state index contributed by atoms with van der Waals surface area (Å²) in [6.45, 7) is 15.1. The number of thiol groups is 1. The number of nitrogens with zero attached hydrogens (tertiary/aromatic N) is 1. The van der Waals surface area contributed by atoms with Crippen molar-refractivity contribution in [3.8, 4) is 0 Å². The summed E-state index contributed by atoms with van der Waals surface area (Å²) in [5, 5.41) is 10.2. The zero-order chi connectivity index (χ0) is 21.0. The molecule has 2 N–H and O–H groups in total. The first-order chi connectivity index (χ1) is 12.1. The predicted octanol–water partition coefficient (Wildman–Crippen LogP) is 1.18. The van der Waals surface area contributed by atoms with Gasteiger partial charge in [-0.1, -0.05) is 13.1 Å². The van der Waals surface area contributed by atoms with E-state index in [4.69, 9.17) is 22.1 Å². The maximum Gasteiger partial charge on any atom is 0.330 e. The summed E-state index contributed by atoms with van der Waals surface area (Å²) in [6.07, 6.45) is 0.819. The number of aliphatic hydroxyl groups is 1. The van der Waals surface area contributed by atoms with Crippen LogP contribution in [0.15, 0.2) is 15.8 Å². The first-order valence-electron chi connectivity index (χ1n) is 9.17. The Kier molecular flexibility index (Phi) is 5.71. The lowest BCUT2D eigenvalue weighted by molar-refractivity contribution is -0.130. The SMILES string of the molecule is Cc1cn([C@]2([SiH](C)C)O[C@H](COC(C)(C)C)[C@@](C)(O)C2(C)S)c(=O)[nH]c1=O. The van der Waals surface area contributed by atoms with Crippen LogP contribution in [-0.4, -0.2) is 52.1 Å². The van der Waals surface area contributed by atoms with E-state index in [-0.39, 0.29) is 6.61 Å². The van der Waals surface area contributed by atoms with Gasteiger partial charge in [-0.3, -0.25) is 14.3 Å². The first-order valence-corrected chi connectivity index (χ1v) is 12.5. The summed E-state index contributed by atoms with van der Waals surface area (Å²) in [4.78, 5) is 26.9. The predicted molar refractivity (Wildman–Crippen MR) is 112 cm³/mol. The molecule has 0 saturated carbocycles. The third-order valence-electron chi connectivity index (χ3n) is 5.56. The summed E-state index contributed by atoms with van der Waals surface area (Å²) in [5.41, 5.74) is -2.39. The summed E-state index contributed by atoms with van der Waals surface area (Å²) >= 11 is 4.85. The van der Waals surface area contributed by atoms with Crippen LogP contribution >= 0.6 is 12.6 Å². The van der Waals surface area contributed by atoms with Crippen molar-refractivity contribution in [3.63, 3.8) is 0 Å². The van der Waals surface area contributed by atoms with Gasteiger partial charge in [0.2, 0.25) is 0 Å². The van der Waals surface area contributed by atoms with E-state index in [2.05, 4.69) is 4.98 Å². The Labute approximate surface area is 167 Å². The molecule has 2 heterocycles. The highest BCUT2D eigenvalue weighted by atomic mass is 32.1. The number of hydrogen-bond donors (Lipinski definition) is 3. The Hall–Kier alpha value is -0.873. The summed E-state index contributed by atoms with van der Waals surface area (Å²) < 4.78 is 12.6. The van der Waals surface area contributed by atoms with Gasteiger partial charge in [-0.25, -0.2) is 4.79 Å². The van der Waals surface area contributed by atoms with Gasteiger partial charge in [0.25, 0.3) is 5.56 Å². The average molecular weight is 417 g/mol. The molecule has 154 valence electrons. The number of nitrogens with one attached hydrogen (secondary N) is 1. The first kappa shape index (κ1) is 22.4. The fourth-order valence-corrected chi connectivity index (χ4v) is 7.41. The Morgan fingerprint density at radius 2 is 1.93 bits per heavy atom. The van der Waals surface area contributed by atoms with Crippen LogP contribution in [0.2, 0.25) is 13.1 Å². The molecule has 0 bridgehead atoms. The van der Waals surface area contributed by atoms with Crippen LogP contribution in [0.1, 0.15) is 40.2 Å². The minimum Gasteiger partial charge on any atom is -0.386 e. The lowest BCUT2D eigenvalue weighted by Gasteiger charge is -2.46. The standard InChI is InChI=1S/C18H32N2O5SSi/c1-11-9-20(14(22)19-13(11)21)18(27(7)8)17(6,26)16(5,23)12(25-18)10-24-15(2,3)4/h9,12,23,26-27H,10H2,1-8H3,(H,19,21,22)/t12-,16-,17?,18+/m1/s1. The molecule has 1 fully saturated rings. The van der Waals surface area contributed by atoms with Gasteiger partial charge in [0.15, 0.2) is 0 Å². The highest BCUT2D eigenvalue weighted by Gasteiger charge is 2.70. The minimum absolute atomic E-state index is 0.159.